The van der Waals surface area contributed by atoms with Gasteiger partial charge in [-0.3, -0.25) is 4.79 Å². The molecule has 0 aromatic carbocycles. The maximum atomic E-state index is 11.7. The minimum absolute atomic E-state index is 0.0746. The zero-order valence-electron chi connectivity index (χ0n) is 8.47. The maximum absolute atomic E-state index is 11.7. The van der Waals surface area contributed by atoms with Crippen LogP contribution in [0, 0.1) is 13.8 Å². The Balaban J connectivity index is 3.26. The van der Waals surface area contributed by atoms with Crippen LogP contribution in [0.5, 0.6) is 0 Å². The molecule has 1 rings (SSSR count). The first-order valence-electron chi connectivity index (χ1n) is 4.29. The van der Waals surface area contributed by atoms with Crippen LogP contribution < -0.4 is 5.43 Å². The average molecular weight is 181 g/mol. The van der Waals surface area contributed by atoms with Crippen LogP contribution >= 0.6 is 0 Å². The van der Waals surface area contributed by atoms with Crippen LogP contribution in [0.2, 0.25) is 0 Å². The Morgan fingerprint density at radius 2 is 2.08 bits per heavy atom. The molecule has 0 aliphatic heterocycles. The fraction of sp³-hybridized carbons (Fsp3) is 0.500. The quantitative estimate of drug-likeness (QED) is 0.754. The van der Waals surface area contributed by atoms with E-state index in [9.17, 15) is 4.79 Å². The van der Waals surface area contributed by atoms with E-state index in [0.29, 0.717) is 5.56 Å². The Kier molecular flexibility index (Phi) is 2.88. The molecule has 0 fully saturated rings. The zero-order valence-corrected chi connectivity index (χ0v) is 8.47. The fourth-order valence-corrected chi connectivity index (χ4v) is 1.18. The number of rotatable bonds is 2. The van der Waals surface area contributed by atoms with E-state index in [1.165, 1.54) is 0 Å². The van der Waals surface area contributed by atoms with E-state index >= 15 is 0 Å². The van der Waals surface area contributed by atoms with Crippen molar-refractivity contribution in [1.29, 1.82) is 0 Å². The van der Waals surface area contributed by atoms with Gasteiger partial charge in [-0.05, 0) is 20.8 Å². The van der Waals surface area contributed by atoms with Gasteiger partial charge in [0.05, 0.1) is 6.10 Å². The van der Waals surface area contributed by atoms with Crippen LogP contribution in [0.3, 0.4) is 0 Å². The monoisotopic (exact) mass is 181 g/mol. The number of ether oxygens (including phenoxy) is 1. The van der Waals surface area contributed by atoms with E-state index in [-0.39, 0.29) is 11.5 Å². The largest absolute Gasteiger partial charge is 0.377 e. The Hall–Kier alpha value is -1.09. The topological polar surface area (TPSA) is 42.1 Å². The van der Waals surface area contributed by atoms with Gasteiger partial charge in [0.15, 0.2) is 5.43 Å². The summed E-state index contributed by atoms with van der Waals surface area (Å²) in [5.74, 6) is 0. The molecule has 1 N–H and O–H groups in total. The number of nitrogens with one attached hydrogen (secondary N) is 1. The maximum Gasteiger partial charge on any atom is 0.190 e. The van der Waals surface area contributed by atoms with Crippen LogP contribution in [0.15, 0.2) is 11.0 Å². The van der Waals surface area contributed by atoms with Crippen LogP contribution in [-0.2, 0) is 4.74 Å². The number of hydrogen-bond donors (Lipinski definition) is 1. The molecule has 0 amide bonds. The van der Waals surface area contributed by atoms with Crippen molar-refractivity contribution in [2.45, 2.75) is 26.9 Å². The van der Waals surface area contributed by atoms with Gasteiger partial charge in [-0.15, -0.1) is 0 Å². The van der Waals surface area contributed by atoms with Crippen molar-refractivity contribution in [3.8, 4) is 0 Å². The SMILES string of the molecule is COC(C)c1c[nH]c(C)c(C)c1=O. The molecular formula is C10H15NO2. The number of aromatic nitrogens is 1. The second-order valence-corrected chi connectivity index (χ2v) is 3.20. The van der Waals surface area contributed by atoms with Crippen LogP contribution in [0.25, 0.3) is 0 Å². The van der Waals surface area contributed by atoms with Crippen molar-refractivity contribution >= 4 is 0 Å². The molecule has 1 heterocycles. The summed E-state index contributed by atoms with van der Waals surface area (Å²) in [4.78, 5) is 14.7. The van der Waals surface area contributed by atoms with Crippen molar-refractivity contribution in [3.63, 3.8) is 0 Å². The Bertz CT molecular complexity index is 354. The molecule has 3 nitrogen and oxygen atoms in total. The summed E-state index contributed by atoms with van der Waals surface area (Å²) in [6, 6.07) is 0. The summed E-state index contributed by atoms with van der Waals surface area (Å²) >= 11 is 0. The highest BCUT2D eigenvalue weighted by molar-refractivity contribution is 5.24. The standard InChI is InChI=1S/C10H15NO2/c1-6-7(2)11-5-9(10(6)12)8(3)13-4/h5,8H,1-4H3,(H,11,12). The summed E-state index contributed by atoms with van der Waals surface area (Å²) < 4.78 is 5.09. The summed E-state index contributed by atoms with van der Waals surface area (Å²) in [5, 5.41) is 0. The van der Waals surface area contributed by atoms with Crippen molar-refractivity contribution in [2.24, 2.45) is 0 Å². The molecule has 0 radical (unpaired) electrons. The number of methoxy groups -OCH3 is 1. The van der Waals surface area contributed by atoms with Crippen molar-refractivity contribution in [2.75, 3.05) is 7.11 Å². The molecule has 13 heavy (non-hydrogen) atoms. The highest BCUT2D eigenvalue weighted by Gasteiger charge is 2.10. The molecule has 0 bridgehead atoms. The number of aromatic amines is 1. The lowest BCUT2D eigenvalue weighted by molar-refractivity contribution is 0.118. The Morgan fingerprint density at radius 3 is 2.62 bits per heavy atom. The number of pyridine rings is 1. The van der Waals surface area contributed by atoms with Crippen LogP contribution in [0.1, 0.15) is 29.8 Å². The second kappa shape index (κ2) is 3.75. The van der Waals surface area contributed by atoms with Crippen molar-refractivity contribution in [3.05, 3.63) is 33.2 Å². The van der Waals surface area contributed by atoms with Gasteiger partial charge in [-0.25, -0.2) is 0 Å². The summed E-state index contributed by atoms with van der Waals surface area (Å²) in [6.07, 6.45) is 1.57. The van der Waals surface area contributed by atoms with E-state index in [2.05, 4.69) is 4.98 Å². The molecule has 0 saturated carbocycles. The summed E-state index contributed by atoms with van der Waals surface area (Å²) in [7, 11) is 1.60. The lowest BCUT2D eigenvalue weighted by Gasteiger charge is -2.10. The summed E-state index contributed by atoms with van der Waals surface area (Å²) in [6.45, 7) is 5.57. The van der Waals surface area contributed by atoms with E-state index in [1.54, 1.807) is 13.3 Å². The third-order valence-electron chi connectivity index (χ3n) is 2.40. The molecule has 3 heteroatoms. The minimum atomic E-state index is -0.150. The first-order chi connectivity index (χ1) is 6.07. The Labute approximate surface area is 77.8 Å². The van der Waals surface area contributed by atoms with Gasteiger partial charge in [0.1, 0.15) is 0 Å². The molecular weight excluding hydrogens is 166 g/mol. The highest BCUT2D eigenvalue weighted by Crippen LogP contribution is 2.11. The fourth-order valence-electron chi connectivity index (χ4n) is 1.18. The predicted molar refractivity (Wildman–Crippen MR) is 52.0 cm³/mol. The Morgan fingerprint density at radius 1 is 1.46 bits per heavy atom. The van der Waals surface area contributed by atoms with E-state index in [1.807, 2.05) is 20.8 Å². The van der Waals surface area contributed by atoms with Gasteiger partial charge >= 0.3 is 0 Å². The molecule has 72 valence electrons. The molecule has 0 aliphatic carbocycles. The van der Waals surface area contributed by atoms with Gasteiger partial charge in [0.2, 0.25) is 0 Å². The molecule has 1 aromatic rings. The average Bonchev–Trinajstić information content (AvgIpc) is 2.13. The third kappa shape index (κ3) is 1.80. The van der Waals surface area contributed by atoms with E-state index in [4.69, 9.17) is 4.74 Å². The molecule has 0 spiro atoms. The van der Waals surface area contributed by atoms with Crippen LogP contribution in [0.4, 0.5) is 0 Å². The number of H-pyrrole nitrogens is 1. The lowest BCUT2D eigenvalue weighted by atomic mass is 10.1. The smallest absolute Gasteiger partial charge is 0.190 e. The number of hydrogen-bond acceptors (Lipinski definition) is 2. The molecule has 1 atom stereocenters. The van der Waals surface area contributed by atoms with Gasteiger partial charge in [-0.1, -0.05) is 0 Å². The zero-order chi connectivity index (χ0) is 10.0. The minimum Gasteiger partial charge on any atom is -0.377 e. The molecule has 1 unspecified atom stereocenters. The normalized spacial score (nSPS) is 12.9. The van der Waals surface area contributed by atoms with Crippen LogP contribution in [-0.4, -0.2) is 12.1 Å². The van der Waals surface area contributed by atoms with Crippen molar-refractivity contribution < 1.29 is 4.74 Å². The second-order valence-electron chi connectivity index (χ2n) is 3.20. The van der Waals surface area contributed by atoms with Gasteiger partial charge in [-0.2, -0.15) is 0 Å². The first kappa shape index (κ1) is 9.99. The molecule has 0 saturated heterocycles. The predicted octanol–water partition coefficient (Wildman–Crippen LogP) is 1.70. The number of aryl methyl sites for hydroxylation is 1. The lowest BCUT2D eigenvalue weighted by Crippen LogP contribution is -2.17. The third-order valence-corrected chi connectivity index (χ3v) is 2.40. The van der Waals surface area contributed by atoms with Gasteiger partial charge in [0, 0.05) is 30.1 Å². The van der Waals surface area contributed by atoms with E-state index < -0.39 is 0 Å². The van der Waals surface area contributed by atoms with Crippen molar-refractivity contribution in [1.82, 2.24) is 4.98 Å². The molecule has 1 aromatic heterocycles. The molecule has 0 aliphatic rings. The highest BCUT2D eigenvalue weighted by atomic mass is 16.5. The first-order valence-corrected chi connectivity index (χ1v) is 4.29. The van der Waals surface area contributed by atoms with Gasteiger partial charge < -0.3 is 9.72 Å². The summed E-state index contributed by atoms with van der Waals surface area (Å²) in [5.41, 5.74) is 2.44. The van der Waals surface area contributed by atoms with Gasteiger partial charge in [0.25, 0.3) is 0 Å². The van der Waals surface area contributed by atoms with E-state index in [0.717, 1.165) is 11.3 Å².